The van der Waals surface area contributed by atoms with Gasteiger partial charge in [0.15, 0.2) is 0 Å². The molecule has 0 saturated carbocycles. The summed E-state index contributed by atoms with van der Waals surface area (Å²) in [5.41, 5.74) is 0.680. The number of benzene rings is 1. The maximum atomic E-state index is 12.6. The number of para-hydroxylation sites is 2. The Hall–Kier alpha value is -2.12. The van der Waals surface area contributed by atoms with Crippen molar-refractivity contribution in [2.45, 2.75) is 12.8 Å². The third-order valence-electron chi connectivity index (χ3n) is 5.12. The van der Waals surface area contributed by atoms with E-state index in [0.717, 1.165) is 39.0 Å². The van der Waals surface area contributed by atoms with E-state index in [0.29, 0.717) is 31.1 Å². The van der Waals surface area contributed by atoms with Crippen molar-refractivity contribution in [1.29, 1.82) is 0 Å². The van der Waals surface area contributed by atoms with E-state index in [1.54, 1.807) is 7.11 Å². The number of carbonyl (C=O) groups is 2. The van der Waals surface area contributed by atoms with Gasteiger partial charge in [-0.1, -0.05) is 12.1 Å². The molecule has 2 heterocycles. The Balaban J connectivity index is 1.44. The number of hydrogen-bond donors (Lipinski definition) is 2. The van der Waals surface area contributed by atoms with Crippen LogP contribution in [0.5, 0.6) is 5.75 Å². The molecule has 0 aliphatic carbocycles. The summed E-state index contributed by atoms with van der Waals surface area (Å²) in [7, 11) is 1.59. The largest absolute Gasteiger partial charge is 0.495 e. The van der Waals surface area contributed by atoms with Crippen LogP contribution in [-0.2, 0) is 9.59 Å². The van der Waals surface area contributed by atoms with Gasteiger partial charge in [-0.3, -0.25) is 14.5 Å². The van der Waals surface area contributed by atoms with Crippen LogP contribution in [0.3, 0.4) is 0 Å². The first-order chi connectivity index (χ1) is 12.7. The molecule has 1 aromatic rings. The topological polar surface area (TPSA) is 73.9 Å². The van der Waals surface area contributed by atoms with Crippen molar-refractivity contribution >= 4 is 17.5 Å². The van der Waals surface area contributed by atoms with Crippen LogP contribution in [0, 0.1) is 5.92 Å². The van der Waals surface area contributed by atoms with Crippen LogP contribution in [-0.4, -0.2) is 74.5 Å². The average molecular weight is 360 g/mol. The second-order valence-electron chi connectivity index (χ2n) is 6.87. The molecule has 1 aromatic carbocycles. The van der Waals surface area contributed by atoms with Crippen molar-refractivity contribution in [2.75, 3.05) is 58.2 Å². The third kappa shape index (κ3) is 4.74. The monoisotopic (exact) mass is 360 g/mol. The van der Waals surface area contributed by atoms with Crippen molar-refractivity contribution < 1.29 is 14.3 Å². The molecule has 2 N–H and O–H groups in total. The van der Waals surface area contributed by atoms with Crippen LogP contribution in [0.1, 0.15) is 12.8 Å². The van der Waals surface area contributed by atoms with Gasteiger partial charge in [0.1, 0.15) is 5.75 Å². The number of carbonyl (C=O) groups excluding carboxylic acids is 2. The van der Waals surface area contributed by atoms with E-state index in [4.69, 9.17) is 4.74 Å². The molecule has 3 rings (SSSR count). The van der Waals surface area contributed by atoms with Gasteiger partial charge in [0.2, 0.25) is 11.8 Å². The fourth-order valence-electron chi connectivity index (χ4n) is 3.59. The van der Waals surface area contributed by atoms with E-state index in [1.165, 1.54) is 0 Å². The predicted octanol–water partition coefficient (Wildman–Crippen LogP) is 0.778. The molecule has 0 radical (unpaired) electrons. The number of nitrogens with one attached hydrogen (secondary N) is 2. The molecule has 7 nitrogen and oxygen atoms in total. The smallest absolute Gasteiger partial charge is 0.238 e. The van der Waals surface area contributed by atoms with Crippen LogP contribution in [0.15, 0.2) is 24.3 Å². The van der Waals surface area contributed by atoms with Gasteiger partial charge >= 0.3 is 0 Å². The van der Waals surface area contributed by atoms with E-state index in [-0.39, 0.29) is 17.7 Å². The summed E-state index contributed by atoms with van der Waals surface area (Å²) in [5.74, 6) is 1.03. The molecule has 2 fully saturated rings. The summed E-state index contributed by atoms with van der Waals surface area (Å²) >= 11 is 0. The molecule has 2 saturated heterocycles. The molecule has 2 amide bonds. The third-order valence-corrected chi connectivity index (χ3v) is 5.12. The fraction of sp³-hybridized carbons (Fsp3) is 0.579. The van der Waals surface area contributed by atoms with Crippen molar-refractivity contribution in [3.8, 4) is 5.75 Å². The molecule has 0 bridgehead atoms. The van der Waals surface area contributed by atoms with Crippen LogP contribution in [0.25, 0.3) is 0 Å². The Kier molecular flexibility index (Phi) is 6.46. The second kappa shape index (κ2) is 9.00. The summed E-state index contributed by atoms with van der Waals surface area (Å²) in [6, 6.07) is 7.38. The van der Waals surface area contributed by atoms with E-state index in [2.05, 4.69) is 15.5 Å². The Morgan fingerprint density at radius 1 is 1.15 bits per heavy atom. The molecule has 0 unspecified atom stereocenters. The number of ether oxygens (including phenoxy) is 1. The van der Waals surface area contributed by atoms with Crippen molar-refractivity contribution in [2.24, 2.45) is 5.92 Å². The second-order valence-corrected chi connectivity index (χ2v) is 6.87. The standard InChI is InChI=1S/C19H28N4O3/c1-26-17-5-3-2-4-16(17)21-18(24)14-22-10-12-23(13-11-22)19(25)15-6-8-20-9-7-15/h2-5,15,20H,6-14H2,1H3,(H,21,24). The molecule has 26 heavy (non-hydrogen) atoms. The van der Waals surface area contributed by atoms with Crippen LogP contribution >= 0.6 is 0 Å². The number of nitrogens with zero attached hydrogens (tertiary/aromatic N) is 2. The number of methoxy groups -OCH3 is 1. The molecule has 2 aliphatic heterocycles. The van der Waals surface area contributed by atoms with Gasteiger partial charge in [0.05, 0.1) is 19.3 Å². The van der Waals surface area contributed by atoms with Crippen molar-refractivity contribution in [3.05, 3.63) is 24.3 Å². The van der Waals surface area contributed by atoms with Gasteiger partial charge in [0.25, 0.3) is 0 Å². The van der Waals surface area contributed by atoms with E-state index < -0.39 is 0 Å². The fourth-order valence-corrected chi connectivity index (χ4v) is 3.59. The molecule has 142 valence electrons. The first kappa shape index (κ1) is 18.7. The van der Waals surface area contributed by atoms with Gasteiger partial charge in [-0.2, -0.15) is 0 Å². The maximum Gasteiger partial charge on any atom is 0.238 e. The molecule has 2 aliphatic rings. The quantitative estimate of drug-likeness (QED) is 0.812. The SMILES string of the molecule is COc1ccccc1NC(=O)CN1CCN(C(=O)C2CCNCC2)CC1. The van der Waals surface area contributed by atoms with Gasteiger partial charge in [-0.05, 0) is 38.1 Å². The Bertz CT molecular complexity index is 623. The number of hydrogen-bond acceptors (Lipinski definition) is 5. The lowest BCUT2D eigenvalue weighted by atomic mass is 9.96. The highest BCUT2D eigenvalue weighted by Gasteiger charge is 2.28. The average Bonchev–Trinajstić information content (AvgIpc) is 2.69. The zero-order valence-corrected chi connectivity index (χ0v) is 15.4. The highest BCUT2D eigenvalue weighted by atomic mass is 16.5. The summed E-state index contributed by atoms with van der Waals surface area (Å²) < 4.78 is 5.26. The highest BCUT2D eigenvalue weighted by molar-refractivity contribution is 5.93. The lowest BCUT2D eigenvalue weighted by molar-refractivity contribution is -0.138. The predicted molar refractivity (Wildman–Crippen MR) is 100 cm³/mol. The van der Waals surface area contributed by atoms with Gasteiger partial charge in [-0.25, -0.2) is 0 Å². The van der Waals surface area contributed by atoms with Crippen LogP contribution in [0.2, 0.25) is 0 Å². The highest BCUT2D eigenvalue weighted by Crippen LogP contribution is 2.23. The minimum absolute atomic E-state index is 0.0624. The Labute approximate surface area is 154 Å². The first-order valence-corrected chi connectivity index (χ1v) is 9.32. The number of piperidine rings is 1. The number of anilines is 1. The zero-order chi connectivity index (χ0) is 18.4. The lowest BCUT2D eigenvalue weighted by Crippen LogP contribution is -2.52. The summed E-state index contributed by atoms with van der Waals surface area (Å²) in [4.78, 5) is 29.0. The van der Waals surface area contributed by atoms with E-state index >= 15 is 0 Å². The molecule has 7 heteroatoms. The van der Waals surface area contributed by atoms with Gasteiger partial charge in [-0.15, -0.1) is 0 Å². The maximum absolute atomic E-state index is 12.6. The van der Waals surface area contributed by atoms with Gasteiger partial charge in [0, 0.05) is 32.1 Å². The summed E-state index contributed by atoms with van der Waals surface area (Å²) in [6.07, 6.45) is 1.86. The number of piperazine rings is 1. The molecule has 0 atom stereocenters. The normalized spacial score (nSPS) is 19.2. The minimum Gasteiger partial charge on any atom is -0.495 e. The van der Waals surface area contributed by atoms with E-state index in [9.17, 15) is 9.59 Å². The molecular formula is C19H28N4O3. The Morgan fingerprint density at radius 2 is 1.85 bits per heavy atom. The van der Waals surface area contributed by atoms with Crippen molar-refractivity contribution in [1.82, 2.24) is 15.1 Å². The Morgan fingerprint density at radius 3 is 2.54 bits per heavy atom. The molecule has 0 spiro atoms. The van der Waals surface area contributed by atoms with E-state index in [1.807, 2.05) is 29.2 Å². The number of amides is 2. The van der Waals surface area contributed by atoms with Crippen LogP contribution in [0.4, 0.5) is 5.69 Å². The van der Waals surface area contributed by atoms with Crippen molar-refractivity contribution in [3.63, 3.8) is 0 Å². The molecule has 0 aromatic heterocycles. The molecular weight excluding hydrogens is 332 g/mol. The zero-order valence-electron chi connectivity index (χ0n) is 15.4. The minimum atomic E-state index is -0.0624. The summed E-state index contributed by atoms with van der Waals surface area (Å²) in [5, 5.41) is 6.20. The first-order valence-electron chi connectivity index (χ1n) is 9.32. The lowest BCUT2D eigenvalue weighted by Gasteiger charge is -2.36. The summed E-state index contributed by atoms with van der Waals surface area (Å²) in [6.45, 7) is 5.05. The number of rotatable bonds is 5. The van der Waals surface area contributed by atoms with Gasteiger partial charge < -0.3 is 20.3 Å². The van der Waals surface area contributed by atoms with Crippen LogP contribution < -0.4 is 15.4 Å².